The van der Waals surface area contributed by atoms with Crippen LogP contribution in [0, 0.1) is 0 Å². The van der Waals surface area contributed by atoms with Crippen LogP contribution >= 0.6 is 15.6 Å². The first-order valence-electron chi connectivity index (χ1n) is 4.21. The molecule has 0 aromatic heterocycles. The molecule has 15 heteroatoms. The number of hydrogen-bond donors (Lipinski definition) is 6. The van der Waals surface area contributed by atoms with Crippen molar-refractivity contribution >= 4 is 51.0 Å². The van der Waals surface area contributed by atoms with Gasteiger partial charge in [-0.25, -0.2) is 9.13 Å². The van der Waals surface area contributed by atoms with E-state index in [1.165, 1.54) is 0 Å². The Hall–Kier alpha value is 0.770. The standard InChI is InChI=1S/C5H12O11P2.Na.H2O/c6-3(1-15-17(9,10)11)5(8)4(7)2-16-18(12,13)14;;/h3,5-6,8H,1-2H2,(H2,9,10,11)(H2,12,13,14);;1H2/t3-,5-;;/m1../s1. The van der Waals surface area contributed by atoms with Crippen LogP contribution in [0.5, 0.6) is 0 Å². The van der Waals surface area contributed by atoms with Crippen LogP contribution in [0.3, 0.4) is 0 Å². The number of carbonyl (C=O) groups is 1. The average Bonchev–Trinajstić information content (AvgIpc) is 2.19. The number of hydrogen-bond acceptors (Lipinski definition) is 7. The van der Waals surface area contributed by atoms with Crippen LogP contribution in [-0.4, -0.2) is 96.0 Å². The first kappa shape index (κ1) is 25.7. The molecule has 0 amide bonds. The van der Waals surface area contributed by atoms with Gasteiger partial charge in [0.05, 0.1) is 6.61 Å². The number of rotatable bonds is 8. The Kier molecular flexibility index (Phi) is 13.5. The summed E-state index contributed by atoms with van der Waals surface area (Å²) in [4.78, 5) is 44.1. The van der Waals surface area contributed by atoms with Crippen molar-refractivity contribution in [1.29, 1.82) is 0 Å². The van der Waals surface area contributed by atoms with Crippen LogP contribution in [0.1, 0.15) is 0 Å². The van der Waals surface area contributed by atoms with Gasteiger partial charge in [-0.1, -0.05) is 0 Å². The second-order valence-corrected chi connectivity index (χ2v) is 5.51. The van der Waals surface area contributed by atoms with Crippen LogP contribution in [0.4, 0.5) is 0 Å². The van der Waals surface area contributed by atoms with Gasteiger partial charge in [0.25, 0.3) is 0 Å². The Morgan fingerprint density at radius 1 is 1.00 bits per heavy atom. The average molecular weight is 351 g/mol. The van der Waals surface area contributed by atoms with E-state index in [0.717, 1.165) is 0 Å². The predicted molar refractivity (Wildman–Crippen MR) is 62.4 cm³/mol. The summed E-state index contributed by atoms with van der Waals surface area (Å²) in [6, 6.07) is 0. The minimum Gasteiger partial charge on any atom is -0.412 e. The van der Waals surface area contributed by atoms with E-state index in [9.17, 15) is 13.9 Å². The summed E-state index contributed by atoms with van der Waals surface area (Å²) in [5, 5.41) is 18.2. The third-order valence-electron chi connectivity index (χ3n) is 1.48. The third-order valence-corrected chi connectivity index (χ3v) is 2.43. The number of aliphatic hydroxyl groups excluding tert-OH is 2. The molecule has 0 aromatic rings. The van der Waals surface area contributed by atoms with Crippen molar-refractivity contribution in [2.75, 3.05) is 13.2 Å². The molecule has 0 bridgehead atoms. The fraction of sp³-hybridized carbons (Fsp3) is 0.800. The molecule has 0 spiro atoms. The molecule has 0 aliphatic rings. The zero-order valence-electron chi connectivity index (χ0n) is 10.2. The van der Waals surface area contributed by atoms with Gasteiger partial charge < -0.3 is 35.3 Å². The SMILES string of the molecule is O.O=C(COP(=O)(O)O)[C@H](O)[C@H](O)COP(=O)(O)O.[Na]. The number of aliphatic hydroxyl groups is 2. The van der Waals surface area contributed by atoms with E-state index in [-0.39, 0.29) is 35.0 Å². The van der Waals surface area contributed by atoms with E-state index in [0.29, 0.717) is 0 Å². The number of phosphoric ester groups is 2. The molecular weight excluding hydrogens is 337 g/mol. The topological polar surface area (TPSA) is 223 Å². The summed E-state index contributed by atoms with van der Waals surface area (Å²) >= 11 is 0. The van der Waals surface area contributed by atoms with Gasteiger partial charge in [-0.15, -0.1) is 0 Å². The maximum atomic E-state index is 11.0. The largest absolute Gasteiger partial charge is 0.470 e. The quantitative estimate of drug-likeness (QED) is 0.184. The van der Waals surface area contributed by atoms with E-state index >= 15 is 0 Å². The number of ketones is 1. The van der Waals surface area contributed by atoms with Gasteiger partial charge in [0.2, 0.25) is 0 Å². The molecule has 0 saturated heterocycles. The van der Waals surface area contributed by atoms with Crippen molar-refractivity contribution in [3.05, 3.63) is 0 Å². The van der Waals surface area contributed by atoms with Gasteiger partial charge in [-0.3, -0.25) is 13.8 Å². The summed E-state index contributed by atoms with van der Waals surface area (Å²) in [7, 11) is -9.77. The Bertz CT molecular complexity index is 374. The molecular formula is C5H14NaO12P2. The summed E-state index contributed by atoms with van der Waals surface area (Å²) in [6.07, 6.45) is -4.14. The minimum absolute atomic E-state index is 0. The van der Waals surface area contributed by atoms with Gasteiger partial charge in [0, 0.05) is 29.6 Å². The van der Waals surface area contributed by atoms with E-state index in [4.69, 9.17) is 29.8 Å². The van der Waals surface area contributed by atoms with E-state index in [1.54, 1.807) is 0 Å². The van der Waals surface area contributed by atoms with Crippen LogP contribution in [0.25, 0.3) is 0 Å². The van der Waals surface area contributed by atoms with Crippen molar-refractivity contribution in [2.45, 2.75) is 12.2 Å². The van der Waals surface area contributed by atoms with Crippen molar-refractivity contribution in [1.82, 2.24) is 0 Å². The summed E-state index contributed by atoms with van der Waals surface area (Å²) in [5.74, 6) is -1.29. The molecule has 2 atom stereocenters. The molecule has 1 radical (unpaired) electrons. The zero-order chi connectivity index (χ0) is 14.6. The Labute approximate surface area is 134 Å². The summed E-state index contributed by atoms with van der Waals surface area (Å²) in [6.45, 7) is -2.23. The van der Waals surface area contributed by atoms with E-state index in [2.05, 4.69) is 9.05 Å². The monoisotopic (exact) mass is 351 g/mol. The number of carbonyl (C=O) groups excluding carboxylic acids is 1. The molecule has 20 heavy (non-hydrogen) atoms. The Balaban J connectivity index is -0.00000144. The van der Waals surface area contributed by atoms with Crippen LogP contribution in [0.15, 0.2) is 0 Å². The molecule has 0 heterocycles. The van der Waals surface area contributed by atoms with Crippen molar-refractivity contribution in [3.63, 3.8) is 0 Å². The zero-order valence-corrected chi connectivity index (χ0v) is 14.0. The van der Waals surface area contributed by atoms with Gasteiger partial charge in [-0.2, -0.15) is 0 Å². The maximum absolute atomic E-state index is 11.0. The van der Waals surface area contributed by atoms with Crippen molar-refractivity contribution in [3.8, 4) is 0 Å². The minimum atomic E-state index is -4.90. The predicted octanol–water partition coefficient (Wildman–Crippen LogP) is -3.71. The van der Waals surface area contributed by atoms with Crippen molar-refractivity contribution < 1.29 is 58.2 Å². The number of phosphoric acid groups is 2. The summed E-state index contributed by atoms with van der Waals surface area (Å²) < 4.78 is 28.1. The Morgan fingerprint density at radius 2 is 1.40 bits per heavy atom. The second-order valence-electron chi connectivity index (χ2n) is 3.03. The number of Topliss-reactive ketones (excluding diaryl/α,β-unsaturated/α-hetero) is 1. The Morgan fingerprint density at radius 3 is 1.75 bits per heavy atom. The fourth-order valence-electron chi connectivity index (χ4n) is 0.712. The van der Waals surface area contributed by atoms with Gasteiger partial charge >= 0.3 is 15.6 Å². The van der Waals surface area contributed by atoms with Gasteiger partial charge in [-0.05, 0) is 0 Å². The van der Waals surface area contributed by atoms with E-state index < -0.39 is 46.9 Å². The molecule has 0 aliphatic carbocycles. The molecule has 0 aliphatic heterocycles. The molecule has 8 N–H and O–H groups in total. The second kappa shape index (κ2) is 10.5. The van der Waals surface area contributed by atoms with Crippen LogP contribution in [0.2, 0.25) is 0 Å². The maximum Gasteiger partial charge on any atom is 0.470 e. The summed E-state index contributed by atoms with van der Waals surface area (Å²) in [5.41, 5.74) is 0. The molecule has 0 unspecified atom stereocenters. The molecule has 117 valence electrons. The smallest absolute Gasteiger partial charge is 0.412 e. The third kappa shape index (κ3) is 13.7. The first-order valence-corrected chi connectivity index (χ1v) is 7.27. The molecule has 0 saturated carbocycles. The van der Waals surface area contributed by atoms with Crippen LogP contribution < -0.4 is 0 Å². The molecule has 0 rings (SSSR count). The van der Waals surface area contributed by atoms with Gasteiger partial charge in [0.15, 0.2) is 5.78 Å². The normalized spacial score (nSPS) is 14.7. The van der Waals surface area contributed by atoms with Crippen molar-refractivity contribution in [2.24, 2.45) is 0 Å². The van der Waals surface area contributed by atoms with Gasteiger partial charge in [0.1, 0.15) is 18.8 Å². The molecule has 12 nitrogen and oxygen atoms in total. The molecule has 0 aromatic carbocycles. The fourth-order valence-corrected chi connectivity index (χ4v) is 1.35. The van der Waals surface area contributed by atoms with E-state index in [1.807, 2.05) is 0 Å². The first-order chi connectivity index (χ1) is 7.92. The molecule has 0 fully saturated rings. The van der Waals surface area contributed by atoms with Crippen LogP contribution in [-0.2, 0) is 23.0 Å².